The Balaban J connectivity index is 1.86. The first-order chi connectivity index (χ1) is 16.9. The number of rotatable bonds is 10. The van der Waals surface area contributed by atoms with E-state index in [2.05, 4.69) is 20.8 Å². The molecule has 0 saturated heterocycles. The number of hydrogen-bond acceptors (Lipinski definition) is 4. The molecule has 8 heteroatoms. The molecule has 36 heavy (non-hydrogen) atoms. The number of aryl methyl sites for hydroxylation is 1. The SMILES string of the molecule is CCCN(CC(=O)N(Cc1ccc(F)cc1)Cc1ccc(C)o1)S(=O)(=O)c1ccc(C(C)(C)C)cc1. The summed E-state index contributed by atoms with van der Waals surface area (Å²) in [5.41, 5.74) is 1.65. The number of carbonyl (C=O) groups excluding carboxylic acids is 1. The molecule has 0 atom stereocenters. The Morgan fingerprint density at radius 2 is 1.58 bits per heavy atom. The van der Waals surface area contributed by atoms with Gasteiger partial charge in [-0.1, -0.05) is 52.0 Å². The third kappa shape index (κ3) is 7.04. The Kier molecular flexibility index (Phi) is 8.74. The highest BCUT2D eigenvalue weighted by Crippen LogP contribution is 2.25. The monoisotopic (exact) mass is 514 g/mol. The number of sulfonamides is 1. The molecule has 194 valence electrons. The molecule has 6 nitrogen and oxygen atoms in total. The molecule has 0 bridgehead atoms. The molecular formula is C28H35FN2O4S. The fraction of sp³-hybridized carbons (Fsp3) is 0.393. The van der Waals surface area contributed by atoms with Crippen molar-refractivity contribution in [1.29, 1.82) is 0 Å². The Hall–Kier alpha value is -2.97. The quantitative estimate of drug-likeness (QED) is 0.350. The van der Waals surface area contributed by atoms with Gasteiger partial charge in [-0.25, -0.2) is 12.8 Å². The van der Waals surface area contributed by atoms with Gasteiger partial charge < -0.3 is 9.32 Å². The summed E-state index contributed by atoms with van der Waals surface area (Å²) in [6.07, 6.45) is 0.557. The number of halogens is 1. The lowest BCUT2D eigenvalue weighted by Gasteiger charge is -2.27. The largest absolute Gasteiger partial charge is 0.464 e. The van der Waals surface area contributed by atoms with Crippen molar-refractivity contribution in [3.63, 3.8) is 0 Å². The molecule has 0 aliphatic rings. The van der Waals surface area contributed by atoms with E-state index >= 15 is 0 Å². The van der Waals surface area contributed by atoms with E-state index in [9.17, 15) is 17.6 Å². The Bertz CT molecular complexity index is 1260. The fourth-order valence-corrected chi connectivity index (χ4v) is 5.34. The molecule has 0 radical (unpaired) electrons. The zero-order valence-electron chi connectivity index (χ0n) is 21.6. The van der Waals surface area contributed by atoms with E-state index in [1.807, 2.05) is 32.0 Å². The molecule has 1 aromatic heterocycles. The van der Waals surface area contributed by atoms with Crippen molar-refractivity contribution in [3.05, 3.63) is 89.1 Å². The topological polar surface area (TPSA) is 70.8 Å². The highest BCUT2D eigenvalue weighted by Gasteiger charge is 2.29. The molecular weight excluding hydrogens is 479 g/mol. The highest BCUT2D eigenvalue weighted by molar-refractivity contribution is 7.89. The lowest BCUT2D eigenvalue weighted by atomic mass is 9.87. The molecule has 0 N–H and O–H groups in total. The summed E-state index contributed by atoms with van der Waals surface area (Å²) in [6.45, 7) is 10.1. The van der Waals surface area contributed by atoms with Crippen molar-refractivity contribution in [3.8, 4) is 0 Å². The van der Waals surface area contributed by atoms with Crippen LogP contribution < -0.4 is 0 Å². The average Bonchev–Trinajstić information content (AvgIpc) is 3.23. The van der Waals surface area contributed by atoms with Crippen LogP contribution in [0.15, 0.2) is 70.0 Å². The molecule has 3 aromatic rings. The minimum absolute atomic E-state index is 0.105. The lowest BCUT2D eigenvalue weighted by Crippen LogP contribution is -2.42. The third-order valence-electron chi connectivity index (χ3n) is 5.92. The predicted octanol–water partition coefficient (Wildman–Crippen LogP) is 5.65. The van der Waals surface area contributed by atoms with Gasteiger partial charge in [-0.05, 0) is 66.3 Å². The van der Waals surface area contributed by atoms with Gasteiger partial charge in [-0.3, -0.25) is 4.79 Å². The van der Waals surface area contributed by atoms with E-state index < -0.39 is 10.0 Å². The third-order valence-corrected chi connectivity index (χ3v) is 7.78. The summed E-state index contributed by atoms with van der Waals surface area (Å²) in [4.78, 5) is 15.2. The second kappa shape index (κ2) is 11.4. The number of hydrogen-bond donors (Lipinski definition) is 0. The van der Waals surface area contributed by atoms with Crippen molar-refractivity contribution in [2.24, 2.45) is 0 Å². The van der Waals surface area contributed by atoms with Crippen LogP contribution in [-0.2, 0) is 33.3 Å². The van der Waals surface area contributed by atoms with Crippen LogP contribution in [0.5, 0.6) is 0 Å². The standard InChI is InChI=1S/C28H35FN2O4S/c1-6-17-31(36(33,34)26-15-10-23(11-16-26)28(3,4)5)20-27(32)30(19-25-14-7-21(2)35-25)18-22-8-12-24(29)13-9-22/h7-16H,6,17-20H2,1-5H3. The molecule has 0 unspecified atom stereocenters. The molecule has 0 saturated carbocycles. The molecule has 2 aromatic carbocycles. The summed E-state index contributed by atoms with van der Waals surface area (Å²) < 4.78 is 47.3. The minimum Gasteiger partial charge on any atom is -0.464 e. The maximum absolute atomic E-state index is 13.5. The van der Waals surface area contributed by atoms with Crippen molar-refractivity contribution in [2.45, 2.75) is 64.4 Å². The van der Waals surface area contributed by atoms with E-state index in [0.29, 0.717) is 17.9 Å². The molecule has 3 rings (SSSR count). The Morgan fingerprint density at radius 3 is 2.11 bits per heavy atom. The molecule has 0 fully saturated rings. The molecule has 1 heterocycles. The second-order valence-electron chi connectivity index (χ2n) is 10.0. The summed E-state index contributed by atoms with van der Waals surface area (Å²) in [5.74, 6) is 0.575. The van der Waals surface area contributed by atoms with Crippen LogP contribution in [0.1, 0.15) is 56.8 Å². The number of amides is 1. The van der Waals surface area contributed by atoms with Gasteiger partial charge in [0, 0.05) is 13.1 Å². The molecule has 1 amide bonds. The van der Waals surface area contributed by atoms with Gasteiger partial charge in [-0.2, -0.15) is 4.31 Å². The van der Waals surface area contributed by atoms with Gasteiger partial charge in [0.1, 0.15) is 17.3 Å². The minimum atomic E-state index is -3.89. The zero-order chi connectivity index (χ0) is 26.5. The van der Waals surface area contributed by atoms with E-state index in [1.54, 1.807) is 30.3 Å². The van der Waals surface area contributed by atoms with Crippen molar-refractivity contribution in [1.82, 2.24) is 9.21 Å². The summed E-state index contributed by atoms with van der Waals surface area (Å²) in [5, 5.41) is 0. The van der Waals surface area contributed by atoms with Gasteiger partial charge in [0.15, 0.2) is 0 Å². The van der Waals surface area contributed by atoms with E-state index in [0.717, 1.165) is 11.1 Å². The summed E-state index contributed by atoms with van der Waals surface area (Å²) >= 11 is 0. The van der Waals surface area contributed by atoms with Crippen molar-refractivity contribution in [2.75, 3.05) is 13.1 Å². The smallest absolute Gasteiger partial charge is 0.243 e. The average molecular weight is 515 g/mol. The van der Waals surface area contributed by atoms with Crippen LogP contribution >= 0.6 is 0 Å². The number of carbonyl (C=O) groups is 1. The van der Waals surface area contributed by atoms with Gasteiger partial charge in [0.05, 0.1) is 18.0 Å². The van der Waals surface area contributed by atoms with Crippen LogP contribution in [-0.4, -0.2) is 36.6 Å². The summed E-state index contributed by atoms with van der Waals surface area (Å²) in [6, 6.07) is 16.3. The second-order valence-corrected chi connectivity index (χ2v) is 11.9. The molecule has 0 spiro atoms. The van der Waals surface area contributed by atoms with Gasteiger partial charge in [0.2, 0.25) is 15.9 Å². The summed E-state index contributed by atoms with van der Waals surface area (Å²) in [7, 11) is -3.89. The van der Waals surface area contributed by atoms with Crippen molar-refractivity contribution >= 4 is 15.9 Å². The van der Waals surface area contributed by atoms with E-state index in [4.69, 9.17) is 4.42 Å². The van der Waals surface area contributed by atoms with E-state index in [-0.39, 0.29) is 48.2 Å². The molecule has 0 aliphatic carbocycles. The normalized spacial score (nSPS) is 12.2. The van der Waals surface area contributed by atoms with E-state index in [1.165, 1.54) is 21.3 Å². The van der Waals surface area contributed by atoms with Crippen LogP contribution in [0.3, 0.4) is 0 Å². The van der Waals surface area contributed by atoms with Gasteiger partial charge in [-0.15, -0.1) is 0 Å². The van der Waals surface area contributed by atoms with Crippen LogP contribution in [0.2, 0.25) is 0 Å². The number of nitrogens with zero attached hydrogens (tertiary/aromatic N) is 2. The first-order valence-electron chi connectivity index (χ1n) is 12.1. The van der Waals surface area contributed by atoms with Gasteiger partial charge in [0.25, 0.3) is 0 Å². The van der Waals surface area contributed by atoms with Gasteiger partial charge >= 0.3 is 0 Å². The number of furan rings is 1. The fourth-order valence-electron chi connectivity index (χ4n) is 3.86. The molecule has 0 aliphatic heterocycles. The Morgan fingerprint density at radius 1 is 0.944 bits per heavy atom. The predicted molar refractivity (Wildman–Crippen MR) is 138 cm³/mol. The van der Waals surface area contributed by atoms with Crippen molar-refractivity contribution < 1.29 is 22.0 Å². The Labute approximate surface area is 213 Å². The number of benzene rings is 2. The van der Waals surface area contributed by atoms with Crippen LogP contribution in [0.25, 0.3) is 0 Å². The lowest BCUT2D eigenvalue weighted by molar-refractivity contribution is -0.133. The van der Waals surface area contributed by atoms with Crippen LogP contribution in [0, 0.1) is 12.7 Å². The zero-order valence-corrected chi connectivity index (χ0v) is 22.4. The maximum Gasteiger partial charge on any atom is 0.243 e. The highest BCUT2D eigenvalue weighted by atomic mass is 32.2. The maximum atomic E-state index is 13.5. The first-order valence-corrected chi connectivity index (χ1v) is 13.5. The van der Waals surface area contributed by atoms with Crippen LogP contribution in [0.4, 0.5) is 4.39 Å². The first kappa shape index (κ1) is 27.6.